The molecule has 176 valence electrons. The van der Waals surface area contributed by atoms with Crippen LogP contribution in [0.2, 0.25) is 0 Å². The van der Waals surface area contributed by atoms with Gasteiger partial charge in [-0.1, -0.05) is 35.6 Å². The second-order valence-corrected chi connectivity index (χ2v) is 9.28. The van der Waals surface area contributed by atoms with E-state index in [4.69, 9.17) is 9.41 Å². The van der Waals surface area contributed by atoms with Crippen molar-refractivity contribution in [1.82, 2.24) is 4.98 Å². The van der Waals surface area contributed by atoms with Gasteiger partial charge in [-0.2, -0.15) is 0 Å². The Bertz CT molecular complexity index is 1570. The number of benzene rings is 3. The van der Waals surface area contributed by atoms with Crippen molar-refractivity contribution in [3.05, 3.63) is 89.5 Å². The van der Waals surface area contributed by atoms with Crippen LogP contribution >= 0.6 is 11.3 Å². The van der Waals surface area contributed by atoms with Gasteiger partial charge in [0.2, 0.25) is 5.55 Å². The first-order valence-corrected chi connectivity index (χ1v) is 12.5. The third-order valence-electron chi connectivity index (χ3n) is 5.85. The van der Waals surface area contributed by atoms with Gasteiger partial charge >= 0.3 is 0 Å². The maximum absolute atomic E-state index is 13.4. The lowest BCUT2D eigenvalue weighted by Crippen LogP contribution is -2.22. The molecule has 35 heavy (non-hydrogen) atoms. The Morgan fingerprint density at radius 2 is 1.86 bits per heavy atom. The van der Waals surface area contributed by atoms with Crippen molar-refractivity contribution < 1.29 is 9.21 Å². The van der Waals surface area contributed by atoms with Crippen LogP contribution in [-0.2, 0) is 0 Å². The highest BCUT2D eigenvalue weighted by Gasteiger charge is 2.16. The lowest BCUT2D eigenvalue weighted by Gasteiger charge is -2.21. The summed E-state index contributed by atoms with van der Waals surface area (Å²) in [6, 6.07) is 23.5. The van der Waals surface area contributed by atoms with Crippen molar-refractivity contribution in [2.24, 2.45) is 4.99 Å². The van der Waals surface area contributed by atoms with E-state index >= 15 is 0 Å². The molecule has 0 aliphatic carbocycles. The smallest absolute Gasteiger partial charge is 0.262 e. The minimum Gasteiger partial charge on any atom is -0.437 e. The molecule has 5 rings (SSSR count). The number of thiazole rings is 1. The van der Waals surface area contributed by atoms with E-state index in [0.29, 0.717) is 16.3 Å². The molecular weight excluding hydrogens is 456 g/mol. The van der Waals surface area contributed by atoms with Crippen molar-refractivity contribution in [2.75, 3.05) is 23.3 Å². The van der Waals surface area contributed by atoms with E-state index in [0.717, 1.165) is 45.6 Å². The summed E-state index contributed by atoms with van der Waals surface area (Å²) in [6.45, 7) is 8.04. The Balaban J connectivity index is 1.62. The Morgan fingerprint density at radius 1 is 1.03 bits per heavy atom. The normalized spacial score (nSPS) is 11.8. The van der Waals surface area contributed by atoms with Crippen molar-refractivity contribution >= 4 is 54.9 Å². The second kappa shape index (κ2) is 9.72. The summed E-state index contributed by atoms with van der Waals surface area (Å²) in [7, 11) is 0. The number of carbonyl (C=O) groups is 1. The first-order chi connectivity index (χ1) is 17.0. The monoisotopic (exact) mass is 482 g/mol. The second-order valence-electron chi connectivity index (χ2n) is 8.25. The SMILES string of the molecule is CCN(CC)c1ccc2cc(C(=O)Nc3nc4ccccc4s3)c(=Nc3cccc(C)c3)oc2c1. The maximum Gasteiger partial charge on any atom is 0.262 e. The van der Waals surface area contributed by atoms with Gasteiger partial charge in [-0.15, -0.1) is 0 Å². The van der Waals surface area contributed by atoms with Crippen LogP contribution in [0.5, 0.6) is 0 Å². The lowest BCUT2D eigenvalue weighted by atomic mass is 10.1. The number of nitrogens with one attached hydrogen (secondary N) is 1. The number of amides is 1. The maximum atomic E-state index is 13.4. The molecule has 0 saturated carbocycles. The van der Waals surface area contributed by atoms with Crippen molar-refractivity contribution in [3.8, 4) is 0 Å². The molecule has 0 bridgehead atoms. The topological polar surface area (TPSA) is 70.7 Å². The molecule has 0 saturated heterocycles. The number of hydrogen-bond acceptors (Lipinski definition) is 6. The van der Waals surface area contributed by atoms with Crippen molar-refractivity contribution in [3.63, 3.8) is 0 Å². The summed E-state index contributed by atoms with van der Waals surface area (Å²) in [6.07, 6.45) is 0. The van der Waals surface area contributed by atoms with Crippen LogP contribution in [0.4, 0.5) is 16.5 Å². The van der Waals surface area contributed by atoms with Crippen molar-refractivity contribution in [2.45, 2.75) is 20.8 Å². The fourth-order valence-electron chi connectivity index (χ4n) is 4.04. The van der Waals surface area contributed by atoms with Gasteiger partial charge in [-0.3, -0.25) is 10.1 Å². The molecule has 7 heteroatoms. The summed E-state index contributed by atoms with van der Waals surface area (Å²) >= 11 is 1.44. The fraction of sp³-hybridized carbons (Fsp3) is 0.179. The summed E-state index contributed by atoms with van der Waals surface area (Å²) in [5.41, 5.74) is 5.02. The first-order valence-electron chi connectivity index (χ1n) is 11.6. The molecule has 5 aromatic rings. The average Bonchev–Trinajstić information content (AvgIpc) is 3.26. The number of aromatic nitrogens is 1. The number of aryl methyl sites for hydroxylation is 1. The van der Waals surface area contributed by atoms with Gasteiger partial charge in [0.15, 0.2) is 5.13 Å². The summed E-state index contributed by atoms with van der Waals surface area (Å²) in [5, 5.41) is 4.31. The molecule has 1 amide bonds. The van der Waals surface area contributed by atoms with E-state index in [1.54, 1.807) is 0 Å². The highest BCUT2D eigenvalue weighted by Crippen LogP contribution is 2.27. The predicted octanol–water partition coefficient (Wildman–Crippen LogP) is 6.68. The van der Waals surface area contributed by atoms with Crippen LogP contribution in [0.3, 0.4) is 0 Å². The predicted molar refractivity (Wildman–Crippen MR) is 144 cm³/mol. The van der Waals surface area contributed by atoms with Crippen LogP contribution in [0, 0.1) is 6.92 Å². The first kappa shape index (κ1) is 22.8. The molecule has 2 heterocycles. The number of rotatable bonds is 6. The molecular formula is C28H26N4O2S. The zero-order valence-corrected chi connectivity index (χ0v) is 20.7. The minimum atomic E-state index is -0.311. The molecule has 0 radical (unpaired) electrons. The van der Waals surface area contributed by atoms with Gasteiger partial charge in [0.25, 0.3) is 5.91 Å². The van der Waals surface area contributed by atoms with Gasteiger partial charge < -0.3 is 9.32 Å². The quantitative estimate of drug-likeness (QED) is 0.293. The Hall–Kier alpha value is -3.97. The highest BCUT2D eigenvalue weighted by atomic mass is 32.1. The average molecular weight is 483 g/mol. The minimum absolute atomic E-state index is 0.262. The molecule has 0 aliphatic rings. The van der Waals surface area contributed by atoms with Crippen LogP contribution in [-0.4, -0.2) is 24.0 Å². The highest BCUT2D eigenvalue weighted by molar-refractivity contribution is 7.22. The van der Waals surface area contributed by atoms with Crippen LogP contribution in [0.25, 0.3) is 21.2 Å². The summed E-state index contributed by atoms with van der Waals surface area (Å²) in [5.74, 6) is -0.311. The number of para-hydroxylation sites is 1. The van der Waals surface area contributed by atoms with Crippen LogP contribution in [0.1, 0.15) is 29.8 Å². The van der Waals surface area contributed by atoms with E-state index in [9.17, 15) is 4.79 Å². The summed E-state index contributed by atoms with van der Waals surface area (Å²) < 4.78 is 7.28. The number of hydrogen-bond donors (Lipinski definition) is 1. The Kier molecular flexibility index (Phi) is 6.33. The van der Waals surface area contributed by atoms with E-state index in [1.165, 1.54) is 11.3 Å². The number of nitrogens with zero attached hydrogens (tertiary/aromatic N) is 3. The fourth-order valence-corrected chi connectivity index (χ4v) is 4.90. The molecule has 3 aromatic carbocycles. The van der Waals surface area contributed by atoms with Gasteiger partial charge in [0.05, 0.1) is 15.9 Å². The third-order valence-corrected chi connectivity index (χ3v) is 6.81. The lowest BCUT2D eigenvalue weighted by molar-refractivity contribution is 0.102. The van der Waals surface area contributed by atoms with Gasteiger partial charge in [-0.25, -0.2) is 9.98 Å². The molecule has 6 nitrogen and oxygen atoms in total. The molecule has 0 unspecified atom stereocenters. The molecule has 0 atom stereocenters. The van der Waals surface area contributed by atoms with Crippen LogP contribution < -0.4 is 15.8 Å². The Labute approximate surface area is 207 Å². The molecule has 0 fully saturated rings. The number of fused-ring (bicyclic) bond motifs is 2. The van der Waals surface area contributed by atoms with E-state index in [2.05, 4.69) is 35.1 Å². The molecule has 2 aromatic heterocycles. The van der Waals surface area contributed by atoms with Crippen molar-refractivity contribution in [1.29, 1.82) is 0 Å². The zero-order valence-electron chi connectivity index (χ0n) is 19.9. The zero-order chi connectivity index (χ0) is 24.4. The van der Waals surface area contributed by atoms with E-state index in [1.807, 2.05) is 73.7 Å². The third kappa shape index (κ3) is 4.81. The standard InChI is InChI=1S/C28H26N4O2S/c1-4-32(5-2)21-14-13-19-16-22(26(33)31-28-30-23-11-6-7-12-25(23)35-28)27(34-24(19)17-21)29-20-10-8-9-18(3)15-20/h6-17H,4-5H2,1-3H3,(H,30,31,33). The molecule has 0 aliphatic heterocycles. The van der Waals surface area contributed by atoms with Gasteiger partial charge in [0.1, 0.15) is 11.1 Å². The van der Waals surface area contributed by atoms with Gasteiger partial charge in [0, 0.05) is 30.2 Å². The Morgan fingerprint density at radius 3 is 2.63 bits per heavy atom. The number of carbonyl (C=O) groups excluding carboxylic acids is 1. The van der Waals surface area contributed by atoms with E-state index < -0.39 is 0 Å². The largest absolute Gasteiger partial charge is 0.437 e. The molecule has 0 spiro atoms. The molecule has 1 N–H and O–H groups in total. The van der Waals surface area contributed by atoms with Gasteiger partial charge in [-0.05, 0) is 68.8 Å². The number of anilines is 2. The summed E-state index contributed by atoms with van der Waals surface area (Å²) in [4.78, 5) is 24.9. The van der Waals surface area contributed by atoms with Crippen LogP contribution in [0.15, 0.2) is 82.2 Å². The van der Waals surface area contributed by atoms with E-state index in [-0.39, 0.29) is 11.5 Å².